The molecular weight excluding hydrogens is 324 g/mol. The fourth-order valence-corrected chi connectivity index (χ4v) is 3.26. The van der Waals surface area contributed by atoms with Crippen molar-refractivity contribution in [1.82, 2.24) is 20.6 Å². The maximum absolute atomic E-state index is 12.2. The molecule has 1 fully saturated rings. The Hall–Kier alpha value is -2.15. The number of thioether (sulfide) groups is 1. The van der Waals surface area contributed by atoms with Gasteiger partial charge >= 0.3 is 6.03 Å². The van der Waals surface area contributed by atoms with E-state index in [0.717, 1.165) is 34.6 Å². The van der Waals surface area contributed by atoms with Gasteiger partial charge in [-0.05, 0) is 32.8 Å². The molecule has 0 aliphatic heterocycles. The van der Waals surface area contributed by atoms with E-state index >= 15 is 0 Å². The molecule has 0 saturated heterocycles. The summed E-state index contributed by atoms with van der Waals surface area (Å²) in [5.74, 6) is 0.961. The highest BCUT2D eigenvalue weighted by Gasteiger charge is 2.28. The van der Waals surface area contributed by atoms with Gasteiger partial charge in [0.2, 0.25) is 5.91 Å². The van der Waals surface area contributed by atoms with Crippen LogP contribution in [0, 0.1) is 0 Å². The molecule has 0 spiro atoms. The molecule has 3 rings (SSSR count). The Morgan fingerprint density at radius 2 is 2.04 bits per heavy atom. The minimum Gasteiger partial charge on any atom is -0.338 e. The SMILES string of the molecule is CCNC(=O)NC(=O)[C@@H](C)Sc1nc(C2CC2)nc2ccccc12. The molecule has 126 valence electrons. The number of hydrogen-bond acceptors (Lipinski definition) is 5. The molecule has 1 aliphatic carbocycles. The summed E-state index contributed by atoms with van der Waals surface area (Å²) in [4.78, 5) is 33.0. The van der Waals surface area contributed by atoms with Crippen molar-refractivity contribution in [2.75, 3.05) is 6.54 Å². The monoisotopic (exact) mass is 344 g/mol. The van der Waals surface area contributed by atoms with Crippen LogP contribution in [0.4, 0.5) is 4.79 Å². The summed E-state index contributed by atoms with van der Waals surface area (Å²) < 4.78 is 0. The lowest BCUT2D eigenvalue weighted by atomic mass is 10.2. The van der Waals surface area contributed by atoms with Gasteiger partial charge in [-0.25, -0.2) is 14.8 Å². The highest BCUT2D eigenvalue weighted by molar-refractivity contribution is 8.00. The molecule has 1 saturated carbocycles. The predicted molar refractivity (Wildman–Crippen MR) is 94.0 cm³/mol. The van der Waals surface area contributed by atoms with Crippen LogP contribution in [0.15, 0.2) is 29.3 Å². The summed E-state index contributed by atoms with van der Waals surface area (Å²) >= 11 is 1.36. The molecule has 1 aromatic heterocycles. The van der Waals surface area contributed by atoms with E-state index in [4.69, 9.17) is 0 Å². The normalized spacial score (nSPS) is 15.1. The highest BCUT2D eigenvalue weighted by atomic mass is 32.2. The van der Waals surface area contributed by atoms with Gasteiger partial charge in [0.05, 0.1) is 10.8 Å². The smallest absolute Gasteiger partial charge is 0.321 e. The molecule has 1 aromatic carbocycles. The van der Waals surface area contributed by atoms with Gasteiger partial charge in [0.15, 0.2) is 0 Å². The van der Waals surface area contributed by atoms with Gasteiger partial charge in [0.25, 0.3) is 0 Å². The van der Waals surface area contributed by atoms with E-state index in [1.54, 1.807) is 13.8 Å². The number of amides is 3. The Morgan fingerprint density at radius 1 is 1.29 bits per heavy atom. The Bertz CT molecular complexity index is 776. The number of hydrogen-bond donors (Lipinski definition) is 2. The molecule has 6 nitrogen and oxygen atoms in total. The Labute approximate surface area is 144 Å². The van der Waals surface area contributed by atoms with Crippen molar-refractivity contribution in [1.29, 1.82) is 0 Å². The van der Waals surface area contributed by atoms with E-state index < -0.39 is 11.3 Å². The van der Waals surface area contributed by atoms with Gasteiger partial charge < -0.3 is 5.32 Å². The summed E-state index contributed by atoms with van der Waals surface area (Å²) in [6, 6.07) is 7.34. The van der Waals surface area contributed by atoms with E-state index in [1.807, 2.05) is 24.3 Å². The summed E-state index contributed by atoms with van der Waals surface area (Å²) in [6.45, 7) is 4.05. The molecular formula is C17H20N4O2S. The topological polar surface area (TPSA) is 84.0 Å². The van der Waals surface area contributed by atoms with Crippen LogP contribution in [0.2, 0.25) is 0 Å². The average molecular weight is 344 g/mol. The number of carbonyl (C=O) groups excluding carboxylic acids is 2. The number of carbonyl (C=O) groups is 2. The number of fused-ring (bicyclic) bond motifs is 1. The van der Waals surface area contributed by atoms with Crippen molar-refractivity contribution in [2.45, 2.75) is 42.9 Å². The van der Waals surface area contributed by atoms with Gasteiger partial charge in [-0.3, -0.25) is 10.1 Å². The third-order valence-corrected chi connectivity index (χ3v) is 4.86. The number of nitrogens with zero attached hydrogens (tertiary/aromatic N) is 2. The largest absolute Gasteiger partial charge is 0.338 e. The number of benzene rings is 1. The van der Waals surface area contributed by atoms with E-state index in [0.29, 0.717) is 12.5 Å². The summed E-state index contributed by atoms with van der Waals surface area (Å²) in [6.07, 6.45) is 2.24. The van der Waals surface area contributed by atoms with Crippen LogP contribution in [0.5, 0.6) is 0 Å². The van der Waals surface area contributed by atoms with Crippen LogP contribution in [-0.2, 0) is 4.79 Å². The van der Waals surface area contributed by atoms with E-state index in [1.165, 1.54) is 11.8 Å². The molecule has 0 radical (unpaired) electrons. The zero-order chi connectivity index (χ0) is 17.1. The molecule has 2 N–H and O–H groups in total. The number of urea groups is 1. The lowest BCUT2D eigenvalue weighted by Gasteiger charge is -2.13. The molecule has 7 heteroatoms. The first-order valence-electron chi connectivity index (χ1n) is 8.10. The number of imide groups is 1. The molecule has 24 heavy (non-hydrogen) atoms. The van der Waals surface area contributed by atoms with Crippen LogP contribution in [0.25, 0.3) is 10.9 Å². The van der Waals surface area contributed by atoms with Crippen LogP contribution < -0.4 is 10.6 Å². The van der Waals surface area contributed by atoms with Gasteiger partial charge in [0.1, 0.15) is 10.9 Å². The minimum absolute atomic E-state index is 0.332. The molecule has 1 aliphatic rings. The first kappa shape index (κ1) is 16.7. The maximum atomic E-state index is 12.2. The minimum atomic E-state index is -0.471. The quantitative estimate of drug-likeness (QED) is 0.644. The lowest BCUT2D eigenvalue weighted by Crippen LogP contribution is -2.42. The fraction of sp³-hybridized carbons (Fsp3) is 0.412. The molecule has 0 unspecified atom stereocenters. The molecule has 0 bridgehead atoms. The predicted octanol–water partition coefficient (Wildman–Crippen LogP) is 2.83. The van der Waals surface area contributed by atoms with E-state index in [9.17, 15) is 9.59 Å². The first-order valence-corrected chi connectivity index (χ1v) is 8.98. The van der Waals surface area contributed by atoms with Crippen molar-refractivity contribution in [3.63, 3.8) is 0 Å². The van der Waals surface area contributed by atoms with E-state index in [-0.39, 0.29) is 5.91 Å². The number of aromatic nitrogens is 2. The summed E-state index contributed by atoms with van der Waals surface area (Å²) in [7, 11) is 0. The fourth-order valence-electron chi connectivity index (χ4n) is 2.32. The maximum Gasteiger partial charge on any atom is 0.321 e. The van der Waals surface area contributed by atoms with Crippen molar-refractivity contribution >= 4 is 34.6 Å². The third kappa shape index (κ3) is 3.84. The molecule has 1 atom stereocenters. The number of rotatable bonds is 5. The zero-order valence-corrected chi connectivity index (χ0v) is 14.5. The number of para-hydroxylation sites is 1. The van der Waals surface area contributed by atoms with Crippen molar-refractivity contribution < 1.29 is 9.59 Å². The standard InChI is InChI=1S/C17H20N4O2S/c1-3-18-17(23)21-15(22)10(2)24-16-12-6-4-5-7-13(12)19-14(20-16)11-8-9-11/h4-7,10-11H,3,8-9H2,1-2H3,(H2,18,21,22,23)/t10-/m1/s1. The second-order valence-electron chi connectivity index (χ2n) is 5.79. The van der Waals surface area contributed by atoms with Gasteiger partial charge in [0, 0.05) is 17.8 Å². The van der Waals surface area contributed by atoms with Gasteiger partial charge in [-0.2, -0.15) is 0 Å². The summed E-state index contributed by atoms with van der Waals surface area (Å²) in [5, 5.41) is 6.19. The van der Waals surface area contributed by atoms with Gasteiger partial charge in [-0.15, -0.1) is 0 Å². The molecule has 2 aromatic rings. The lowest BCUT2D eigenvalue weighted by molar-refractivity contribution is -0.119. The van der Waals surface area contributed by atoms with E-state index in [2.05, 4.69) is 20.6 Å². The van der Waals surface area contributed by atoms with Crippen molar-refractivity contribution in [3.8, 4) is 0 Å². The molecule has 1 heterocycles. The Kier molecular flexibility index (Phi) is 4.99. The second-order valence-corrected chi connectivity index (χ2v) is 7.12. The molecule has 3 amide bonds. The van der Waals surface area contributed by atoms with Crippen LogP contribution in [-0.4, -0.2) is 33.7 Å². The van der Waals surface area contributed by atoms with Crippen LogP contribution in [0.3, 0.4) is 0 Å². The van der Waals surface area contributed by atoms with Crippen molar-refractivity contribution in [3.05, 3.63) is 30.1 Å². The van der Waals surface area contributed by atoms with Crippen molar-refractivity contribution in [2.24, 2.45) is 0 Å². The van der Waals surface area contributed by atoms with Gasteiger partial charge in [-0.1, -0.05) is 30.0 Å². The highest BCUT2D eigenvalue weighted by Crippen LogP contribution is 2.40. The first-order chi connectivity index (χ1) is 11.6. The Morgan fingerprint density at radius 3 is 2.75 bits per heavy atom. The third-order valence-electron chi connectivity index (χ3n) is 3.76. The van der Waals surface area contributed by atoms with Crippen LogP contribution in [0.1, 0.15) is 38.4 Å². The number of nitrogens with one attached hydrogen (secondary N) is 2. The Balaban J connectivity index is 1.80. The second kappa shape index (κ2) is 7.17. The zero-order valence-electron chi connectivity index (χ0n) is 13.7. The summed E-state index contributed by atoms with van der Waals surface area (Å²) in [5.41, 5.74) is 0.897. The average Bonchev–Trinajstić information content (AvgIpc) is 3.39. The van der Waals surface area contributed by atoms with Crippen LogP contribution >= 0.6 is 11.8 Å².